The molecule has 3 aromatic heterocycles. The molecule has 1 aromatic carbocycles. The smallest absolute Gasteiger partial charge is 0.272 e. The zero-order chi connectivity index (χ0) is 21.9. The van der Waals surface area contributed by atoms with Crippen LogP contribution in [0.5, 0.6) is 5.75 Å². The van der Waals surface area contributed by atoms with Crippen molar-refractivity contribution in [3.8, 4) is 5.75 Å². The molecule has 0 radical (unpaired) electrons. The maximum absolute atomic E-state index is 12.8. The molecule has 0 bridgehead atoms. The highest BCUT2D eigenvalue weighted by Gasteiger charge is 2.19. The molecular formula is C21H18N8O3. The highest BCUT2D eigenvalue weighted by molar-refractivity contribution is 6.04. The van der Waals surface area contributed by atoms with Gasteiger partial charge in [0, 0.05) is 25.5 Å². The number of ether oxygens (including phenoxy) is 1. The fourth-order valence-corrected chi connectivity index (χ4v) is 3.32. The Balaban J connectivity index is 1.29. The van der Waals surface area contributed by atoms with Crippen molar-refractivity contribution in [3.05, 3.63) is 65.9 Å². The van der Waals surface area contributed by atoms with Gasteiger partial charge in [-0.3, -0.25) is 19.7 Å². The Kier molecular flexibility index (Phi) is 5.04. The van der Waals surface area contributed by atoms with Gasteiger partial charge in [0.1, 0.15) is 23.1 Å². The molecule has 4 aromatic rings. The number of rotatable bonds is 6. The molecule has 0 fully saturated rings. The van der Waals surface area contributed by atoms with Crippen molar-refractivity contribution in [2.45, 2.75) is 13.1 Å². The average Bonchev–Trinajstić information content (AvgIpc) is 3.25. The first-order valence-electron chi connectivity index (χ1n) is 9.83. The summed E-state index contributed by atoms with van der Waals surface area (Å²) >= 11 is 0. The number of hydrogen-bond acceptors (Lipinski definition) is 8. The molecular weight excluding hydrogens is 412 g/mol. The van der Waals surface area contributed by atoms with Crippen LogP contribution in [0.3, 0.4) is 0 Å². The second-order valence-corrected chi connectivity index (χ2v) is 7.08. The van der Waals surface area contributed by atoms with Crippen molar-refractivity contribution in [2.75, 3.05) is 17.2 Å². The normalized spacial score (nSPS) is 12.6. The van der Waals surface area contributed by atoms with Crippen LogP contribution in [0.25, 0.3) is 11.0 Å². The molecule has 0 spiro atoms. The molecule has 32 heavy (non-hydrogen) atoms. The van der Waals surface area contributed by atoms with Gasteiger partial charge < -0.3 is 20.7 Å². The lowest BCUT2D eigenvalue weighted by molar-refractivity contribution is -0.118. The first kappa shape index (κ1) is 19.4. The minimum Gasteiger partial charge on any atom is -0.482 e. The monoisotopic (exact) mass is 430 g/mol. The number of nitrogens with one attached hydrogen (secondary N) is 4. The van der Waals surface area contributed by atoms with E-state index in [0.717, 1.165) is 11.1 Å². The summed E-state index contributed by atoms with van der Waals surface area (Å²) in [5.41, 5.74) is 3.57. The van der Waals surface area contributed by atoms with Gasteiger partial charge in [-0.25, -0.2) is 9.97 Å². The Hall–Kier alpha value is -4.54. The molecule has 11 nitrogen and oxygen atoms in total. The predicted molar refractivity (Wildman–Crippen MR) is 115 cm³/mol. The van der Waals surface area contributed by atoms with E-state index >= 15 is 0 Å². The Morgan fingerprint density at radius 2 is 1.97 bits per heavy atom. The van der Waals surface area contributed by atoms with Crippen molar-refractivity contribution in [2.24, 2.45) is 0 Å². The Morgan fingerprint density at radius 3 is 2.84 bits per heavy atom. The van der Waals surface area contributed by atoms with E-state index < -0.39 is 0 Å². The Labute approximate surface area is 181 Å². The molecule has 0 atom stereocenters. The minimum atomic E-state index is -0.375. The lowest BCUT2D eigenvalue weighted by Crippen LogP contribution is -2.26. The van der Waals surface area contributed by atoms with Gasteiger partial charge in [-0.15, -0.1) is 0 Å². The number of nitrogens with zero attached hydrogens (tertiary/aromatic N) is 4. The van der Waals surface area contributed by atoms with Crippen molar-refractivity contribution < 1.29 is 14.3 Å². The molecule has 5 rings (SSSR count). The summed E-state index contributed by atoms with van der Waals surface area (Å²) in [6.45, 7) is 0.776. The number of benzene rings is 1. The first-order valence-corrected chi connectivity index (χ1v) is 9.83. The van der Waals surface area contributed by atoms with Crippen LogP contribution in [0.2, 0.25) is 0 Å². The minimum absolute atomic E-state index is 0.00359. The number of fused-ring (bicyclic) bond motifs is 2. The van der Waals surface area contributed by atoms with Crippen molar-refractivity contribution in [3.63, 3.8) is 0 Å². The third-order valence-corrected chi connectivity index (χ3v) is 4.91. The summed E-state index contributed by atoms with van der Waals surface area (Å²) in [6.07, 6.45) is 4.76. The zero-order valence-electron chi connectivity index (χ0n) is 16.8. The predicted octanol–water partition coefficient (Wildman–Crippen LogP) is 1.62. The van der Waals surface area contributed by atoms with Gasteiger partial charge in [-0.2, -0.15) is 5.10 Å². The molecule has 2 amide bonds. The highest BCUT2D eigenvalue weighted by Crippen LogP contribution is 2.28. The summed E-state index contributed by atoms with van der Waals surface area (Å²) < 4.78 is 5.35. The van der Waals surface area contributed by atoms with Gasteiger partial charge in [-0.1, -0.05) is 6.07 Å². The summed E-state index contributed by atoms with van der Waals surface area (Å²) in [6, 6.07) is 9.14. The van der Waals surface area contributed by atoms with Crippen LogP contribution in [0.15, 0.2) is 49.1 Å². The Morgan fingerprint density at radius 1 is 1.09 bits per heavy atom. The molecule has 11 heteroatoms. The number of anilines is 2. The lowest BCUT2D eigenvalue weighted by atomic mass is 10.1. The summed E-state index contributed by atoms with van der Waals surface area (Å²) in [7, 11) is 0. The lowest BCUT2D eigenvalue weighted by Gasteiger charge is -2.18. The number of H-pyrrole nitrogens is 1. The molecule has 0 saturated carbocycles. The zero-order valence-corrected chi connectivity index (χ0v) is 16.8. The van der Waals surface area contributed by atoms with Gasteiger partial charge in [0.05, 0.1) is 5.69 Å². The molecule has 4 heterocycles. The van der Waals surface area contributed by atoms with E-state index in [-0.39, 0.29) is 30.7 Å². The van der Waals surface area contributed by atoms with Gasteiger partial charge in [0.15, 0.2) is 18.1 Å². The maximum atomic E-state index is 12.8. The van der Waals surface area contributed by atoms with Crippen LogP contribution in [-0.4, -0.2) is 43.6 Å². The fourth-order valence-electron chi connectivity index (χ4n) is 3.32. The number of hydrogen-bond donors (Lipinski definition) is 4. The number of carbonyl (C=O) groups is 2. The third-order valence-electron chi connectivity index (χ3n) is 4.91. The van der Waals surface area contributed by atoms with E-state index in [1.54, 1.807) is 24.5 Å². The summed E-state index contributed by atoms with van der Waals surface area (Å²) in [5, 5.41) is 15.9. The summed E-state index contributed by atoms with van der Waals surface area (Å²) in [5.74, 6) is 0.537. The highest BCUT2D eigenvalue weighted by atomic mass is 16.5. The van der Waals surface area contributed by atoms with Crippen LogP contribution >= 0.6 is 0 Å². The van der Waals surface area contributed by atoms with Crippen molar-refractivity contribution in [1.29, 1.82) is 0 Å². The SMILES string of the molecule is O=C1COc2ccc(CNC(=O)c3ncnc4c(NCc5ccncc5)n[nH]c34)cc2N1. The van der Waals surface area contributed by atoms with E-state index in [4.69, 9.17) is 4.74 Å². The first-order chi connectivity index (χ1) is 15.7. The quantitative estimate of drug-likeness (QED) is 0.361. The van der Waals surface area contributed by atoms with E-state index in [9.17, 15) is 9.59 Å². The maximum Gasteiger partial charge on any atom is 0.272 e. The van der Waals surface area contributed by atoms with E-state index in [0.29, 0.717) is 34.8 Å². The Bertz CT molecular complexity index is 1310. The van der Waals surface area contributed by atoms with E-state index in [1.165, 1.54) is 6.33 Å². The van der Waals surface area contributed by atoms with Crippen LogP contribution in [0, 0.1) is 0 Å². The number of pyridine rings is 1. The molecule has 0 saturated heterocycles. The largest absolute Gasteiger partial charge is 0.482 e. The van der Waals surface area contributed by atoms with Crippen LogP contribution in [0.1, 0.15) is 21.6 Å². The van der Waals surface area contributed by atoms with E-state index in [2.05, 4.69) is 41.1 Å². The molecule has 1 aliphatic rings. The number of aromatic nitrogens is 5. The molecule has 1 aliphatic heterocycles. The van der Waals surface area contributed by atoms with E-state index in [1.807, 2.05) is 18.2 Å². The average molecular weight is 430 g/mol. The van der Waals surface area contributed by atoms with Gasteiger partial charge in [0.25, 0.3) is 11.8 Å². The van der Waals surface area contributed by atoms with Gasteiger partial charge in [0.2, 0.25) is 0 Å². The second kappa shape index (κ2) is 8.30. The molecule has 4 N–H and O–H groups in total. The molecule has 0 aliphatic carbocycles. The number of aromatic amines is 1. The number of amides is 2. The fraction of sp³-hybridized carbons (Fsp3) is 0.143. The molecule has 0 unspecified atom stereocenters. The number of carbonyl (C=O) groups excluding carboxylic acids is 2. The van der Waals surface area contributed by atoms with Crippen molar-refractivity contribution >= 4 is 34.4 Å². The van der Waals surface area contributed by atoms with Crippen LogP contribution < -0.4 is 20.7 Å². The summed E-state index contributed by atoms with van der Waals surface area (Å²) in [4.78, 5) is 36.7. The standard InChI is InChI=1S/C21H18N8O3/c30-16-10-32-15-2-1-13(7-14(15)27-16)9-24-21(31)19-17-18(25-11-26-19)20(29-28-17)23-8-12-3-5-22-6-4-12/h1-7,11H,8-10H2,(H,24,31)(H,27,30)(H2,23,28,29). The van der Waals surface area contributed by atoms with Crippen LogP contribution in [-0.2, 0) is 17.9 Å². The second-order valence-electron chi connectivity index (χ2n) is 7.08. The van der Waals surface area contributed by atoms with Crippen LogP contribution in [0.4, 0.5) is 11.5 Å². The topological polar surface area (TPSA) is 147 Å². The molecule has 160 valence electrons. The third kappa shape index (κ3) is 3.90. The van der Waals surface area contributed by atoms with Crippen molar-refractivity contribution in [1.82, 2.24) is 30.5 Å². The van der Waals surface area contributed by atoms with Gasteiger partial charge in [-0.05, 0) is 35.4 Å². The van der Waals surface area contributed by atoms with Gasteiger partial charge >= 0.3 is 0 Å².